The summed E-state index contributed by atoms with van der Waals surface area (Å²) in [5.41, 5.74) is 2.85. The molecule has 0 unspecified atom stereocenters. The van der Waals surface area contributed by atoms with Gasteiger partial charge in [-0.1, -0.05) is 23.4 Å². The van der Waals surface area contributed by atoms with Crippen molar-refractivity contribution in [2.75, 3.05) is 13.6 Å². The lowest BCUT2D eigenvalue weighted by Crippen LogP contribution is -2.33. The van der Waals surface area contributed by atoms with Gasteiger partial charge in [0.2, 0.25) is 0 Å². The number of carbonyl (C=O) groups excluding carboxylic acids is 2. The Bertz CT molecular complexity index is 1140. The molecule has 0 aliphatic heterocycles. The van der Waals surface area contributed by atoms with Crippen molar-refractivity contribution < 1.29 is 32.0 Å². The van der Waals surface area contributed by atoms with Crippen LogP contribution in [0.1, 0.15) is 43.3 Å². The normalized spacial score (nSPS) is 11.2. The van der Waals surface area contributed by atoms with E-state index >= 15 is 0 Å². The molecule has 2 aromatic carbocycles. The number of benzene rings is 2. The zero-order valence-electron chi connectivity index (χ0n) is 18.9. The Morgan fingerprint density at radius 1 is 1.09 bits per heavy atom. The van der Waals surface area contributed by atoms with Crippen LogP contribution in [0.4, 0.5) is 13.2 Å². The van der Waals surface area contributed by atoms with Crippen molar-refractivity contribution >= 4 is 11.8 Å². The minimum Gasteiger partial charge on any atom is -0.489 e. The summed E-state index contributed by atoms with van der Waals surface area (Å²) in [6, 6.07) is 12.8. The molecule has 0 bridgehead atoms. The predicted molar refractivity (Wildman–Crippen MR) is 117 cm³/mol. The van der Waals surface area contributed by atoms with E-state index in [0.29, 0.717) is 22.6 Å². The first-order valence-corrected chi connectivity index (χ1v) is 10.4. The van der Waals surface area contributed by atoms with Crippen molar-refractivity contribution in [3.8, 4) is 5.75 Å². The molecule has 1 heterocycles. The standard InChI is InChI=1S/C24H24F3N3O4/c1-15-21(16(2)34-29-15)13-33-20-6-4-5-19(11-20)23(32)30(3)12-17-7-9-18(10-8-17)22(31)28-14-24(25,26)27/h4-11H,12-14H2,1-3H3,(H,28,31). The highest BCUT2D eigenvalue weighted by Gasteiger charge is 2.27. The highest BCUT2D eigenvalue weighted by atomic mass is 19.4. The minimum atomic E-state index is -4.48. The number of aromatic nitrogens is 1. The molecule has 3 rings (SSSR count). The fourth-order valence-electron chi connectivity index (χ4n) is 3.19. The highest BCUT2D eigenvalue weighted by molar-refractivity contribution is 5.95. The van der Waals surface area contributed by atoms with Crippen LogP contribution in [0, 0.1) is 13.8 Å². The van der Waals surface area contributed by atoms with Gasteiger partial charge in [-0.05, 0) is 49.7 Å². The van der Waals surface area contributed by atoms with Gasteiger partial charge >= 0.3 is 6.18 Å². The molecule has 10 heteroatoms. The Balaban J connectivity index is 1.59. The van der Waals surface area contributed by atoms with Gasteiger partial charge in [-0.15, -0.1) is 0 Å². The SMILES string of the molecule is Cc1noc(C)c1COc1cccc(C(=O)N(C)Cc2ccc(C(=O)NCC(F)(F)F)cc2)c1. The van der Waals surface area contributed by atoms with Crippen LogP contribution < -0.4 is 10.1 Å². The summed E-state index contributed by atoms with van der Waals surface area (Å²) >= 11 is 0. The Morgan fingerprint density at radius 2 is 1.79 bits per heavy atom. The molecular weight excluding hydrogens is 451 g/mol. The van der Waals surface area contributed by atoms with Gasteiger partial charge < -0.3 is 19.5 Å². The fourth-order valence-corrected chi connectivity index (χ4v) is 3.19. The third-order valence-electron chi connectivity index (χ3n) is 5.08. The van der Waals surface area contributed by atoms with Crippen LogP contribution in [-0.4, -0.2) is 41.6 Å². The molecule has 1 aromatic heterocycles. The number of nitrogens with one attached hydrogen (secondary N) is 1. The van der Waals surface area contributed by atoms with E-state index in [1.165, 1.54) is 17.0 Å². The van der Waals surface area contributed by atoms with Crippen molar-refractivity contribution in [2.24, 2.45) is 0 Å². The van der Waals surface area contributed by atoms with E-state index in [1.54, 1.807) is 50.4 Å². The summed E-state index contributed by atoms with van der Waals surface area (Å²) in [4.78, 5) is 26.2. The number of amides is 2. The number of ether oxygens (including phenoxy) is 1. The molecule has 0 fully saturated rings. The lowest BCUT2D eigenvalue weighted by atomic mass is 10.1. The van der Waals surface area contributed by atoms with Gasteiger partial charge in [0.25, 0.3) is 11.8 Å². The lowest BCUT2D eigenvalue weighted by molar-refractivity contribution is -0.123. The second-order valence-corrected chi connectivity index (χ2v) is 7.78. The van der Waals surface area contributed by atoms with Gasteiger partial charge in [-0.2, -0.15) is 13.2 Å². The maximum Gasteiger partial charge on any atom is 0.405 e. The van der Waals surface area contributed by atoms with Crippen LogP contribution in [0.3, 0.4) is 0 Å². The number of hydrogen-bond acceptors (Lipinski definition) is 5. The maximum atomic E-state index is 12.9. The number of carbonyl (C=O) groups is 2. The second kappa shape index (κ2) is 10.4. The molecule has 7 nitrogen and oxygen atoms in total. The summed E-state index contributed by atoms with van der Waals surface area (Å²) in [7, 11) is 1.63. The Morgan fingerprint density at radius 3 is 2.41 bits per heavy atom. The zero-order valence-corrected chi connectivity index (χ0v) is 18.9. The summed E-state index contributed by atoms with van der Waals surface area (Å²) in [5.74, 6) is 0.137. The Labute approximate surface area is 194 Å². The first kappa shape index (κ1) is 24.8. The van der Waals surface area contributed by atoms with E-state index < -0.39 is 18.6 Å². The average Bonchev–Trinajstić information content (AvgIpc) is 3.12. The average molecular weight is 475 g/mol. The molecule has 2 amide bonds. The van der Waals surface area contributed by atoms with E-state index in [-0.39, 0.29) is 24.6 Å². The van der Waals surface area contributed by atoms with Gasteiger partial charge in [0.15, 0.2) is 0 Å². The largest absolute Gasteiger partial charge is 0.489 e. The number of nitrogens with zero attached hydrogens (tertiary/aromatic N) is 2. The third kappa shape index (κ3) is 6.60. The summed E-state index contributed by atoms with van der Waals surface area (Å²) in [6.07, 6.45) is -4.48. The molecule has 0 saturated carbocycles. The van der Waals surface area contributed by atoms with E-state index in [4.69, 9.17) is 9.26 Å². The molecule has 1 N–H and O–H groups in total. The van der Waals surface area contributed by atoms with Gasteiger partial charge in [0.05, 0.1) is 11.3 Å². The number of aryl methyl sites for hydroxylation is 2. The van der Waals surface area contributed by atoms with Gasteiger partial charge in [0, 0.05) is 24.7 Å². The Kier molecular flexibility index (Phi) is 7.60. The first-order valence-electron chi connectivity index (χ1n) is 10.4. The second-order valence-electron chi connectivity index (χ2n) is 7.78. The molecule has 0 spiro atoms. The van der Waals surface area contributed by atoms with E-state index in [0.717, 1.165) is 11.3 Å². The zero-order chi connectivity index (χ0) is 24.9. The quantitative estimate of drug-likeness (QED) is 0.521. The van der Waals surface area contributed by atoms with Crippen LogP contribution in [0.25, 0.3) is 0 Å². The number of rotatable bonds is 8. The molecule has 0 radical (unpaired) electrons. The van der Waals surface area contributed by atoms with Crippen molar-refractivity contribution in [1.29, 1.82) is 0 Å². The van der Waals surface area contributed by atoms with Crippen LogP contribution in [0.15, 0.2) is 53.1 Å². The number of hydrogen-bond donors (Lipinski definition) is 1. The van der Waals surface area contributed by atoms with Crippen molar-refractivity contribution in [2.45, 2.75) is 33.2 Å². The van der Waals surface area contributed by atoms with Crippen LogP contribution in [0.2, 0.25) is 0 Å². The Hall–Kier alpha value is -3.82. The van der Waals surface area contributed by atoms with E-state index in [9.17, 15) is 22.8 Å². The van der Waals surface area contributed by atoms with E-state index in [2.05, 4.69) is 5.16 Å². The molecule has 0 aliphatic rings. The fraction of sp³-hybridized carbons (Fsp3) is 0.292. The van der Waals surface area contributed by atoms with Crippen LogP contribution in [-0.2, 0) is 13.2 Å². The van der Waals surface area contributed by atoms with Gasteiger partial charge in [-0.3, -0.25) is 9.59 Å². The smallest absolute Gasteiger partial charge is 0.405 e. The first-order chi connectivity index (χ1) is 16.0. The molecule has 0 atom stereocenters. The van der Waals surface area contributed by atoms with Crippen molar-refractivity contribution in [3.63, 3.8) is 0 Å². The highest BCUT2D eigenvalue weighted by Crippen LogP contribution is 2.20. The molecule has 0 saturated heterocycles. The molecule has 0 aliphatic carbocycles. The maximum absolute atomic E-state index is 12.9. The minimum absolute atomic E-state index is 0.102. The number of halogens is 3. The lowest BCUT2D eigenvalue weighted by Gasteiger charge is -2.18. The molecular formula is C24H24F3N3O4. The molecule has 3 aromatic rings. The van der Waals surface area contributed by atoms with Gasteiger partial charge in [-0.25, -0.2) is 0 Å². The third-order valence-corrected chi connectivity index (χ3v) is 5.08. The predicted octanol–water partition coefficient (Wildman–Crippen LogP) is 4.43. The summed E-state index contributed by atoms with van der Waals surface area (Å²) < 4.78 is 47.7. The topological polar surface area (TPSA) is 84.7 Å². The van der Waals surface area contributed by atoms with Gasteiger partial charge in [0.1, 0.15) is 24.7 Å². The molecule has 34 heavy (non-hydrogen) atoms. The van der Waals surface area contributed by atoms with Crippen LogP contribution >= 0.6 is 0 Å². The monoisotopic (exact) mass is 475 g/mol. The van der Waals surface area contributed by atoms with Crippen molar-refractivity contribution in [1.82, 2.24) is 15.4 Å². The summed E-state index contributed by atoms with van der Waals surface area (Å²) in [5, 5.41) is 5.71. The molecule has 180 valence electrons. The summed E-state index contributed by atoms with van der Waals surface area (Å²) in [6.45, 7) is 2.73. The van der Waals surface area contributed by atoms with Crippen molar-refractivity contribution in [3.05, 3.63) is 82.2 Å². The van der Waals surface area contributed by atoms with E-state index in [1.807, 2.05) is 12.2 Å². The van der Waals surface area contributed by atoms with Crippen LogP contribution in [0.5, 0.6) is 5.75 Å². The number of alkyl halides is 3.